The van der Waals surface area contributed by atoms with E-state index in [4.69, 9.17) is 14.2 Å². The first-order valence-electron chi connectivity index (χ1n) is 8.14. The lowest BCUT2D eigenvalue weighted by Gasteiger charge is -2.10. The number of benzene rings is 2. The molecule has 0 heterocycles. The maximum atomic E-state index is 13.5. The lowest BCUT2D eigenvalue weighted by molar-refractivity contribution is -0.146. The lowest BCUT2D eigenvalue weighted by atomic mass is 10.2. The van der Waals surface area contributed by atoms with Crippen LogP contribution in [0.15, 0.2) is 42.5 Å². The average Bonchev–Trinajstić information content (AvgIpc) is 2.70. The number of esters is 1. The predicted octanol–water partition coefficient (Wildman–Crippen LogP) is 1.75. The molecule has 0 unspecified atom stereocenters. The maximum Gasteiger partial charge on any atom is 0.325 e. The molecular weight excluding hydrogens is 371 g/mol. The van der Waals surface area contributed by atoms with Gasteiger partial charge in [-0.05, 0) is 12.1 Å². The zero-order valence-corrected chi connectivity index (χ0v) is 15.3. The second-order valence-electron chi connectivity index (χ2n) is 5.47. The monoisotopic (exact) mass is 390 g/mol. The third-order valence-electron chi connectivity index (χ3n) is 3.51. The Labute approximate surface area is 160 Å². The van der Waals surface area contributed by atoms with E-state index in [0.29, 0.717) is 17.2 Å². The number of halogens is 1. The zero-order chi connectivity index (χ0) is 20.5. The van der Waals surface area contributed by atoms with E-state index in [9.17, 15) is 18.8 Å². The van der Waals surface area contributed by atoms with Crippen LogP contribution in [0.25, 0.3) is 0 Å². The van der Waals surface area contributed by atoms with E-state index in [0.717, 1.165) is 6.07 Å². The molecule has 0 radical (unpaired) electrons. The van der Waals surface area contributed by atoms with Crippen LogP contribution in [0.4, 0.5) is 10.1 Å². The molecule has 8 nitrogen and oxygen atoms in total. The molecule has 28 heavy (non-hydrogen) atoms. The van der Waals surface area contributed by atoms with Crippen molar-refractivity contribution in [1.82, 2.24) is 5.32 Å². The Morgan fingerprint density at radius 1 is 1.00 bits per heavy atom. The summed E-state index contributed by atoms with van der Waals surface area (Å²) in [4.78, 5) is 35.4. The Hall–Kier alpha value is -3.62. The van der Waals surface area contributed by atoms with E-state index in [1.807, 2.05) is 0 Å². The average molecular weight is 390 g/mol. The minimum atomic E-state index is -0.844. The van der Waals surface area contributed by atoms with Crippen LogP contribution in [0, 0.1) is 5.82 Å². The van der Waals surface area contributed by atoms with Crippen molar-refractivity contribution in [1.29, 1.82) is 0 Å². The number of hydrogen-bond acceptors (Lipinski definition) is 6. The topological polar surface area (TPSA) is 103 Å². The first-order chi connectivity index (χ1) is 13.4. The molecule has 0 bridgehead atoms. The molecule has 0 saturated heterocycles. The molecule has 0 aliphatic rings. The summed E-state index contributed by atoms with van der Waals surface area (Å²) in [6.45, 7) is -1.07. The van der Waals surface area contributed by atoms with E-state index >= 15 is 0 Å². The van der Waals surface area contributed by atoms with Crippen molar-refractivity contribution in [3.63, 3.8) is 0 Å². The molecular formula is C19H19FN2O6. The number of rotatable bonds is 8. The largest absolute Gasteiger partial charge is 0.497 e. The number of ether oxygens (including phenoxy) is 3. The number of anilines is 1. The highest BCUT2D eigenvalue weighted by Crippen LogP contribution is 2.25. The summed E-state index contributed by atoms with van der Waals surface area (Å²) < 4.78 is 28.5. The van der Waals surface area contributed by atoms with E-state index in [1.54, 1.807) is 18.2 Å². The SMILES string of the molecule is COc1cc(NC(=O)COC(=O)CNC(=O)c2ccccc2F)cc(OC)c1. The van der Waals surface area contributed by atoms with Gasteiger partial charge in [-0.1, -0.05) is 12.1 Å². The van der Waals surface area contributed by atoms with Crippen molar-refractivity contribution >= 4 is 23.5 Å². The van der Waals surface area contributed by atoms with Gasteiger partial charge in [0, 0.05) is 23.9 Å². The van der Waals surface area contributed by atoms with Crippen LogP contribution in [-0.2, 0) is 14.3 Å². The van der Waals surface area contributed by atoms with E-state index < -0.39 is 36.8 Å². The summed E-state index contributed by atoms with van der Waals surface area (Å²) in [6, 6.07) is 10.1. The van der Waals surface area contributed by atoms with Crippen LogP contribution in [0.5, 0.6) is 11.5 Å². The Morgan fingerprint density at radius 2 is 1.64 bits per heavy atom. The van der Waals surface area contributed by atoms with E-state index in [2.05, 4.69) is 10.6 Å². The lowest BCUT2D eigenvalue weighted by Crippen LogP contribution is -2.32. The van der Waals surface area contributed by atoms with Gasteiger partial charge in [0.1, 0.15) is 23.9 Å². The zero-order valence-electron chi connectivity index (χ0n) is 15.3. The fourth-order valence-electron chi connectivity index (χ4n) is 2.17. The molecule has 2 amide bonds. The van der Waals surface area contributed by atoms with E-state index in [1.165, 1.54) is 32.4 Å². The molecule has 2 aromatic carbocycles. The molecule has 0 saturated carbocycles. The van der Waals surface area contributed by atoms with E-state index in [-0.39, 0.29) is 5.56 Å². The van der Waals surface area contributed by atoms with Crippen LogP contribution in [-0.4, -0.2) is 45.2 Å². The van der Waals surface area contributed by atoms with Gasteiger partial charge in [0.15, 0.2) is 6.61 Å². The fraction of sp³-hybridized carbons (Fsp3) is 0.211. The summed E-state index contributed by atoms with van der Waals surface area (Å²) in [5.74, 6) is -1.96. The first kappa shape index (κ1) is 20.7. The molecule has 0 atom stereocenters. The van der Waals surface area contributed by atoms with Gasteiger partial charge in [-0.25, -0.2) is 4.39 Å². The van der Waals surface area contributed by atoms with Crippen LogP contribution in [0.1, 0.15) is 10.4 Å². The van der Waals surface area contributed by atoms with Crippen molar-refractivity contribution in [2.24, 2.45) is 0 Å². The van der Waals surface area contributed by atoms with Gasteiger partial charge in [0.25, 0.3) is 11.8 Å². The van der Waals surface area contributed by atoms with Gasteiger partial charge in [-0.2, -0.15) is 0 Å². The van der Waals surface area contributed by atoms with Gasteiger partial charge in [-0.15, -0.1) is 0 Å². The number of methoxy groups -OCH3 is 2. The molecule has 0 aromatic heterocycles. The van der Waals surface area contributed by atoms with Crippen LogP contribution in [0.2, 0.25) is 0 Å². The Bertz CT molecular complexity index is 849. The molecule has 0 spiro atoms. The first-order valence-corrected chi connectivity index (χ1v) is 8.14. The predicted molar refractivity (Wildman–Crippen MR) is 97.9 cm³/mol. The summed E-state index contributed by atoms with van der Waals surface area (Å²) in [5.41, 5.74) is 0.199. The van der Waals surface area contributed by atoms with Gasteiger partial charge in [0.2, 0.25) is 0 Å². The third kappa shape index (κ3) is 5.97. The number of amides is 2. The quantitative estimate of drug-likeness (QED) is 0.666. The standard InChI is InChI=1S/C19H19FN2O6/c1-26-13-7-12(8-14(9-13)27-2)22-17(23)11-28-18(24)10-21-19(25)15-5-3-4-6-16(15)20/h3-9H,10-11H2,1-2H3,(H,21,25)(H,22,23). The second-order valence-corrected chi connectivity index (χ2v) is 5.47. The highest BCUT2D eigenvalue weighted by Gasteiger charge is 2.14. The van der Waals surface area contributed by atoms with Crippen molar-refractivity contribution in [2.75, 3.05) is 32.7 Å². The molecule has 2 aromatic rings. The minimum absolute atomic E-state index is 0.194. The number of carbonyl (C=O) groups excluding carboxylic acids is 3. The van der Waals surface area contributed by atoms with Crippen molar-refractivity contribution in [3.05, 3.63) is 53.8 Å². The molecule has 9 heteroatoms. The Morgan fingerprint density at radius 3 is 2.25 bits per heavy atom. The summed E-state index contributed by atoms with van der Waals surface area (Å²) in [5, 5.41) is 4.76. The number of carbonyl (C=O) groups is 3. The molecule has 2 N–H and O–H groups in total. The van der Waals surface area contributed by atoms with Gasteiger partial charge >= 0.3 is 5.97 Å². The van der Waals surface area contributed by atoms with Crippen LogP contribution >= 0.6 is 0 Å². The van der Waals surface area contributed by atoms with Crippen molar-refractivity contribution < 1.29 is 33.0 Å². The van der Waals surface area contributed by atoms with Crippen molar-refractivity contribution in [2.45, 2.75) is 0 Å². The minimum Gasteiger partial charge on any atom is -0.497 e. The third-order valence-corrected chi connectivity index (χ3v) is 3.51. The number of nitrogens with one attached hydrogen (secondary N) is 2. The van der Waals surface area contributed by atoms with Crippen LogP contribution < -0.4 is 20.1 Å². The molecule has 0 fully saturated rings. The van der Waals surface area contributed by atoms with Gasteiger partial charge in [0.05, 0.1) is 19.8 Å². The number of hydrogen-bond donors (Lipinski definition) is 2. The molecule has 2 rings (SSSR count). The molecule has 0 aliphatic heterocycles. The summed E-state index contributed by atoms with van der Waals surface area (Å²) in [6.07, 6.45) is 0. The van der Waals surface area contributed by atoms with Gasteiger partial charge < -0.3 is 24.8 Å². The maximum absolute atomic E-state index is 13.5. The second kappa shape index (κ2) is 9.91. The highest BCUT2D eigenvalue weighted by atomic mass is 19.1. The molecule has 0 aliphatic carbocycles. The smallest absolute Gasteiger partial charge is 0.325 e. The normalized spacial score (nSPS) is 9.96. The fourth-order valence-corrected chi connectivity index (χ4v) is 2.17. The Kier molecular flexibility index (Phi) is 7.32. The van der Waals surface area contributed by atoms with Crippen LogP contribution in [0.3, 0.4) is 0 Å². The highest BCUT2D eigenvalue weighted by molar-refractivity contribution is 5.96. The van der Waals surface area contributed by atoms with Crippen molar-refractivity contribution in [3.8, 4) is 11.5 Å². The molecule has 148 valence electrons. The summed E-state index contributed by atoms with van der Waals surface area (Å²) in [7, 11) is 2.94. The Balaban J connectivity index is 1.80. The summed E-state index contributed by atoms with van der Waals surface area (Å²) >= 11 is 0. The van der Waals surface area contributed by atoms with Gasteiger partial charge in [-0.3, -0.25) is 14.4 Å².